The van der Waals surface area contributed by atoms with Gasteiger partial charge >= 0.3 is 6.18 Å². The van der Waals surface area contributed by atoms with Gasteiger partial charge in [-0.25, -0.2) is 0 Å². The van der Waals surface area contributed by atoms with E-state index in [2.05, 4.69) is 10.6 Å². The van der Waals surface area contributed by atoms with Crippen LogP contribution in [0.15, 0.2) is 78.9 Å². The molecule has 0 saturated heterocycles. The molecule has 0 spiro atoms. The highest BCUT2D eigenvalue weighted by Gasteiger charge is 2.30. The number of rotatable bonds is 8. The van der Waals surface area contributed by atoms with Crippen molar-refractivity contribution in [2.24, 2.45) is 0 Å². The first-order chi connectivity index (χ1) is 15.3. The largest absolute Gasteiger partial charge is 0.416 e. The minimum Gasteiger partial charge on any atom is -0.358 e. The molecule has 1 amide bonds. The van der Waals surface area contributed by atoms with Crippen LogP contribution in [0.2, 0.25) is 0 Å². The number of aryl methyl sites for hydroxylation is 2. The van der Waals surface area contributed by atoms with Crippen LogP contribution in [0.1, 0.15) is 46.3 Å². The SMILES string of the molecule is CNC(=O)C(NC(CCc1ccc(C(F)(F)F)cc1)c1ccc(C)cc1)c1ccccc1. The number of nitrogens with one attached hydrogen (secondary N) is 2. The maximum Gasteiger partial charge on any atom is 0.416 e. The van der Waals surface area contributed by atoms with Gasteiger partial charge in [0, 0.05) is 13.1 Å². The normalized spacial score (nSPS) is 13.4. The average molecular weight is 441 g/mol. The maximum atomic E-state index is 12.9. The van der Waals surface area contributed by atoms with Crippen LogP contribution in [-0.2, 0) is 17.4 Å². The van der Waals surface area contributed by atoms with Crippen LogP contribution in [0.3, 0.4) is 0 Å². The van der Waals surface area contributed by atoms with Gasteiger partial charge in [0.1, 0.15) is 6.04 Å². The van der Waals surface area contributed by atoms with Crippen LogP contribution in [0, 0.1) is 6.92 Å². The molecule has 3 aromatic carbocycles. The van der Waals surface area contributed by atoms with Gasteiger partial charge in [-0.2, -0.15) is 13.2 Å². The Morgan fingerprint density at radius 3 is 2.06 bits per heavy atom. The fourth-order valence-electron chi connectivity index (χ4n) is 3.63. The van der Waals surface area contributed by atoms with Crippen LogP contribution in [-0.4, -0.2) is 13.0 Å². The highest BCUT2D eigenvalue weighted by molar-refractivity contribution is 5.83. The summed E-state index contributed by atoms with van der Waals surface area (Å²) < 4.78 is 38.6. The molecule has 0 aromatic heterocycles. The van der Waals surface area contributed by atoms with Crippen molar-refractivity contribution in [1.82, 2.24) is 10.6 Å². The summed E-state index contributed by atoms with van der Waals surface area (Å²) in [5, 5.41) is 6.19. The summed E-state index contributed by atoms with van der Waals surface area (Å²) >= 11 is 0. The standard InChI is InChI=1S/C26H27F3N2O/c1-18-8-13-20(14-9-18)23(17-12-19-10-15-22(16-11-19)26(27,28)29)31-24(25(32)30-2)21-6-4-3-5-7-21/h3-11,13-16,23-24,31H,12,17H2,1-2H3,(H,30,32). The number of hydrogen-bond acceptors (Lipinski definition) is 2. The van der Waals surface area contributed by atoms with Crippen molar-refractivity contribution in [2.75, 3.05) is 7.05 Å². The van der Waals surface area contributed by atoms with Crippen LogP contribution < -0.4 is 10.6 Å². The Labute approximate surface area is 186 Å². The number of alkyl halides is 3. The molecule has 2 atom stereocenters. The fraction of sp³-hybridized carbons (Fsp3) is 0.269. The molecule has 2 N–H and O–H groups in total. The van der Waals surface area contributed by atoms with E-state index in [0.29, 0.717) is 12.8 Å². The van der Waals surface area contributed by atoms with Crippen molar-refractivity contribution in [1.29, 1.82) is 0 Å². The van der Waals surface area contributed by atoms with Gasteiger partial charge in [0.2, 0.25) is 5.91 Å². The topological polar surface area (TPSA) is 41.1 Å². The van der Waals surface area contributed by atoms with Gasteiger partial charge in [-0.15, -0.1) is 0 Å². The lowest BCUT2D eigenvalue weighted by Gasteiger charge is -2.26. The molecular formula is C26H27F3N2O. The number of likely N-dealkylation sites (N-methyl/N-ethyl adjacent to an activating group) is 1. The molecule has 6 heteroatoms. The van der Waals surface area contributed by atoms with E-state index in [9.17, 15) is 18.0 Å². The average Bonchev–Trinajstić information content (AvgIpc) is 2.80. The Morgan fingerprint density at radius 1 is 0.875 bits per heavy atom. The Hall–Kier alpha value is -3.12. The first-order valence-electron chi connectivity index (χ1n) is 10.5. The Balaban J connectivity index is 1.83. The summed E-state index contributed by atoms with van der Waals surface area (Å²) in [6.45, 7) is 2.01. The summed E-state index contributed by atoms with van der Waals surface area (Å²) in [6, 6.07) is 22.1. The molecular weight excluding hydrogens is 413 g/mol. The molecule has 2 unspecified atom stereocenters. The van der Waals surface area contributed by atoms with Crippen molar-refractivity contribution in [3.63, 3.8) is 0 Å². The number of hydrogen-bond donors (Lipinski definition) is 2. The zero-order valence-corrected chi connectivity index (χ0v) is 18.1. The molecule has 0 aliphatic heterocycles. The van der Waals surface area contributed by atoms with E-state index in [1.807, 2.05) is 61.5 Å². The van der Waals surface area contributed by atoms with Gasteiger partial charge < -0.3 is 5.32 Å². The van der Waals surface area contributed by atoms with Gasteiger partial charge in [0.05, 0.1) is 5.56 Å². The zero-order valence-electron chi connectivity index (χ0n) is 18.1. The van der Waals surface area contributed by atoms with Crippen molar-refractivity contribution in [2.45, 2.75) is 38.0 Å². The second kappa shape index (κ2) is 10.5. The summed E-state index contributed by atoms with van der Waals surface area (Å²) in [7, 11) is 1.60. The van der Waals surface area contributed by atoms with E-state index < -0.39 is 17.8 Å². The van der Waals surface area contributed by atoms with E-state index in [4.69, 9.17) is 0 Å². The predicted molar refractivity (Wildman–Crippen MR) is 120 cm³/mol. The molecule has 32 heavy (non-hydrogen) atoms. The summed E-state index contributed by atoms with van der Waals surface area (Å²) in [4.78, 5) is 12.7. The molecule has 3 rings (SSSR count). The molecule has 3 nitrogen and oxygen atoms in total. The molecule has 0 saturated carbocycles. The minimum atomic E-state index is -4.35. The third-order valence-corrected chi connectivity index (χ3v) is 5.49. The molecule has 168 valence electrons. The number of carbonyl (C=O) groups excluding carboxylic acids is 1. The number of amides is 1. The molecule has 0 bridgehead atoms. The maximum absolute atomic E-state index is 12.9. The van der Waals surface area contributed by atoms with E-state index in [0.717, 1.165) is 34.4 Å². The van der Waals surface area contributed by atoms with Crippen LogP contribution in [0.4, 0.5) is 13.2 Å². The highest BCUT2D eigenvalue weighted by atomic mass is 19.4. The molecule has 0 heterocycles. The molecule has 3 aromatic rings. The monoisotopic (exact) mass is 440 g/mol. The Morgan fingerprint density at radius 2 is 1.50 bits per heavy atom. The lowest BCUT2D eigenvalue weighted by Crippen LogP contribution is -2.38. The molecule has 0 aliphatic rings. The van der Waals surface area contributed by atoms with Gasteiger partial charge in [0.15, 0.2) is 0 Å². The van der Waals surface area contributed by atoms with E-state index in [1.54, 1.807) is 7.05 Å². The van der Waals surface area contributed by atoms with Crippen molar-refractivity contribution in [3.05, 3.63) is 107 Å². The van der Waals surface area contributed by atoms with Crippen LogP contribution in [0.5, 0.6) is 0 Å². The third-order valence-electron chi connectivity index (χ3n) is 5.49. The highest BCUT2D eigenvalue weighted by Crippen LogP contribution is 2.30. The number of carbonyl (C=O) groups is 1. The minimum absolute atomic E-state index is 0.150. The number of benzene rings is 3. The second-order valence-electron chi connectivity index (χ2n) is 7.82. The van der Waals surface area contributed by atoms with E-state index in [-0.39, 0.29) is 11.9 Å². The lowest BCUT2D eigenvalue weighted by molar-refractivity contribution is -0.137. The molecule has 0 radical (unpaired) electrons. The zero-order chi connectivity index (χ0) is 23.1. The predicted octanol–water partition coefficient (Wildman–Crippen LogP) is 5.76. The summed E-state index contributed by atoms with van der Waals surface area (Å²) in [6.07, 6.45) is -3.16. The first kappa shape index (κ1) is 23.5. The van der Waals surface area contributed by atoms with Gasteiger partial charge in [0.25, 0.3) is 0 Å². The first-order valence-corrected chi connectivity index (χ1v) is 10.5. The summed E-state index contributed by atoms with van der Waals surface area (Å²) in [5.74, 6) is -0.150. The molecule has 0 aliphatic carbocycles. The van der Waals surface area contributed by atoms with E-state index in [1.165, 1.54) is 12.1 Å². The smallest absolute Gasteiger partial charge is 0.358 e. The van der Waals surface area contributed by atoms with Crippen molar-refractivity contribution < 1.29 is 18.0 Å². The summed E-state index contributed by atoms with van der Waals surface area (Å²) in [5.41, 5.74) is 3.15. The van der Waals surface area contributed by atoms with Gasteiger partial charge in [-0.05, 0) is 48.6 Å². The quantitative estimate of drug-likeness (QED) is 0.467. The third kappa shape index (κ3) is 6.20. The van der Waals surface area contributed by atoms with Crippen molar-refractivity contribution >= 4 is 5.91 Å². The number of halogens is 3. The van der Waals surface area contributed by atoms with E-state index >= 15 is 0 Å². The fourth-order valence-corrected chi connectivity index (χ4v) is 3.63. The molecule has 0 fully saturated rings. The van der Waals surface area contributed by atoms with Gasteiger partial charge in [-0.3, -0.25) is 10.1 Å². The Kier molecular flexibility index (Phi) is 7.70. The van der Waals surface area contributed by atoms with Crippen LogP contribution >= 0.6 is 0 Å². The second-order valence-corrected chi connectivity index (χ2v) is 7.82. The van der Waals surface area contributed by atoms with Gasteiger partial charge in [-0.1, -0.05) is 72.3 Å². The lowest BCUT2D eigenvalue weighted by atomic mass is 9.95. The van der Waals surface area contributed by atoms with Crippen LogP contribution in [0.25, 0.3) is 0 Å². The van der Waals surface area contributed by atoms with Crippen molar-refractivity contribution in [3.8, 4) is 0 Å². The Bertz CT molecular complexity index is 1000.